The summed E-state index contributed by atoms with van der Waals surface area (Å²) >= 11 is 0. The van der Waals surface area contributed by atoms with Crippen LogP contribution in [0.15, 0.2) is 18.3 Å². The van der Waals surface area contributed by atoms with Gasteiger partial charge >= 0.3 is 7.12 Å². The minimum atomic E-state index is -1.10. The van der Waals surface area contributed by atoms with Gasteiger partial charge in [-0.3, -0.25) is 4.98 Å². The summed E-state index contributed by atoms with van der Waals surface area (Å²) in [6.45, 7) is 7.90. The number of rotatable bonds is 4. The first-order chi connectivity index (χ1) is 9.68. The molecule has 1 aliphatic heterocycles. The monoisotopic (exact) mass is 294 g/mol. The molecule has 21 heavy (non-hydrogen) atoms. The molecule has 2 heterocycles. The molecule has 0 saturated carbocycles. The maximum Gasteiger partial charge on any atom is 0.496 e. The van der Waals surface area contributed by atoms with Crippen LogP contribution in [0.2, 0.25) is 0 Å². The van der Waals surface area contributed by atoms with Gasteiger partial charge in [-0.15, -0.1) is 0 Å². The highest BCUT2D eigenvalue weighted by Crippen LogP contribution is 2.36. The molecule has 4 N–H and O–H groups in total. The van der Waals surface area contributed by atoms with Crippen LogP contribution >= 0.6 is 0 Å². The number of aromatic nitrogens is 1. The topological polar surface area (TPSA) is 97.8 Å². The van der Waals surface area contributed by atoms with Gasteiger partial charge in [0.05, 0.1) is 23.0 Å². The Bertz CT molecular complexity index is 476. The number of aliphatic hydroxyl groups is 2. The van der Waals surface area contributed by atoms with Gasteiger partial charge in [-0.05, 0) is 33.8 Å². The summed E-state index contributed by atoms with van der Waals surface area (Å²) in [5.74, 6) is 0. The Morgan fingerprint density at radius 3 is 2.19 bits per heavy atom. The van der Waals surface area contributed by atoms with Gasteiger partial charge in [0.15, 0.2) is 0 Å². The number of nitrogens with two attached hydrogens (primary N) is 1. The van der Waals surface area contributed by atoms with E-state index >= 15 is 0 Å². The summed E-state index contributed by atoms with van der Waals surface area (Å²) in [7, 11) is -0.492. The molecule has 7 heteroatoms. The van der Waals surface area contributed by atoms with Crippen LogP contribution in [0.5, 0.6) is 0 Å². The number of aliphatic hydroxyl groups excluding tert-OH is 2. The minimum Gasteiger partial charge on any atom is -0.399 e. The fourth-order valence-electron chi connectivity index (χ4n) is 2.04. The van der Waals surface area contributed by atoms with Gasteiger partial charge in [-0.25, -0.2) is 0 Å². The highest BCUT2D eigenvalue weighted by Gasteiger charge is 2.51. The lowest BCUT2D eigenvalue weighted by Gasteiger charge is -2.32. The number of nitrogens with zero attached hydrogens (tertiary/aromatic N) is 1. The summed E-state index contributed by atoms with van der Waals surface area (Å²) < 4.78 is 11.8. The van der Waals surface area contributed by atoms with Gasteiger partial charge < -0.3 is 25.3 Å². The van der Waals surface area contributed by atoms with Crippen LogP contribution < -0.4 is 11.2 Å². The molecule has 1 fully saturated rings. The molecule has 1 saturated heterocycles. The van der Waals surface area contributed by atoms with E-state index in [-0.39, 0.29) is 6.54 Å². The Labute approximate surface area is 125 Å². The van der Waals surface area contributed by atoms with E-state index in [1.54, 1.807) is 18.3 Å². The third kappa shape index (κ3) is 3.12. The predicted octanol–water partition coefficient (Wildman–Crippen LogP) is -0.266. The standard InChI is InChI=1S/C14H23BN2O4/c1-13(2)14(3,4)21-15(20-13)9-5-6-10(17-8-9)12(19)11(18)7-16/h5-6,8,11-12,18-19H,7,16H2,1-4H3. The van der Waals surface area contributed by atoms with Crippen molar-refractivity contribution in [3.63, 3.8) is 0 Å². The van der Waals surface area contributed by atoms with Gasteiger partial charge in [-0.2, -0.15) is 0 Å². The SMILES string of the molecule is CC1(C)OB(c2ccc(C(O)C(O)CN)nc2)OC1(C)C. The quantitative estimate of drug-likeness (QED) is 0.662. The average Bonchev–Trinajstić information content (AvgIpc) is 2.66. The molecule has 116 valence electrons. The van der Waals surface area contributed by atoms with Crippen molar-refractivity contribution in [2.24, 2.45) is 5.73 Å². The van der Waals surface area contributed by atoms with Crippen molar-refractivity contribution >= 4 is 12.6 Å². The van der Waals surface area contributed by atoms with Crippen molar-refractivity contribution in [3.8, 4) is 0 Å². The molecule has 6 nitrogen and oxygen atoms in total. The Morgan fingerprint density at radius 1 is 1.19 bits per heavy atom. The summed E-state index contributed by atoms with van der Waals surface area (Å²) in [6, 6.07) is 3.42. The molecule has 1 aliphatic rings. The number of pyridine rings is 1. The van der Waals surface area contributed by atoms with Crippen molar-refractivity contribution in [3.05, 3.63) is 24.0 Å². The molecule has 0 radical (unpaired) electrons. The van der Waals surface area contributed by atoms with E-state index in [1.165, 1.54) is 0 Å². The zero-order valence-corrected chi connectivity index (χ0v) is 12.9. The second kappa shape index (κ2) is 5.66. The molecule has 0 aromatic carbocycles. The summed E-state index contributed by atoms with van der Waals surface area (Å²) in [5.41, 5.74) is 5.64. The lowest BCUT2D eigenvalue weighted by atomic mass is 9.80. The molecule has 1 aromatic rings. The second-order valence-corrected chi connectivity index (χ2v) is 6.35. The van der Waals surface area contributed by atoms with Crippen LogP contribution in [0, 0.1) is 0 Å². The average molecular weight is 294 g/mol. The highest BCUT2D eigenvalue weighted by atomic mass is 16.7. The van der Waals surface area contributed by atoms with E-state index in [1.807, 2.05) is 27.7 Å². The molecule has 2 atom stereocenters. The van der Waals surface area contributed by atoms with Crippen LogP contribution in [-0.2, 0) is 9.31 Å². The maximum atomic E-state index is 9.86. The molecule has 0 amide bonds. The van der Waals surface area contributed by atoms with E-state index < -0.39 is 30.5 Å². The molecular formula is C14H23BN2O4. The Kier molecular flexibility index (Phi) is 4.42. The van der Waals surface area contributed by atoms with Crippen molar-refractivity contribution in [2.75, 3.05) is 6.54 Å². The first-order valence-electron chi connectivity index (χ1n) is 7.05. The van der Waals surface area contributed by atoms with E-state index in [9.17, 15) is 10.2 Å². The predicted molar refractivity (Wildman–Crippen MR) is 80.0 cm³/mol. The van der Waals surface area contributed by atoms with Gasteiger partial charge in [0.25, 0.3) is 0 Å². The van der Waals surface area contributed by atoms with E-state index in [0.29, 0.717) is 5.69 Å². The molecule has 1 aromatic heterocycles. The normalized spacial score (nSPS) is 23.1. The molecule has 0 spiro atoms. The van der Waals surface area contributed by atoms with Gasteiger partial charge in [-0.1, -0.05) is 6.07 Å². The van der Waals surface area contributed by atoms with Crippen LogP contribution in [0.25, 0.3) is 0 Å². The Balaban J connectivity index is 2.14. The lowest BCUT2D eigenvalue weighted by Crippen LogP contribution is -2.41. The minimum absolute atomic E-state index is 0.0260. The Hall–Kier alpha value is -0.985. The lowest BCUT2D eigenvalue weighted by molar-refractivity contribution is 0.00578. The molecule has 2 rings (SSSR count). The Morgan fingerprint density at radius 2 is 1.76 bits per heavy atom. The first kappa shape index (κ1) is 16.4. The van der Waals surface area contributed by atoms with E-state index in [0.717, 1.165) is 5.46 Å². The summed E-state index contributed by atoms with van der Waals surface area (Å²) in [5, 5.41) is 19.4. The summed E-state index contributed by atoms with van der Waals surface area (Å²) in [6.07, 6.45) is -0.535. The van der Waals surface area contributed by atoms with E-state index in [2.05, 4.69) is 4.98 Å². The van der Waals surface area contributed by atoms with Crippen molar-refractivity contribution in [1.82, 2.24) is 4.98 Å². The highest BCUT2D eigenvalue weighted by molar-refractivity contribution is 6.62. The fraction of sp³-hybridized carbons (Fsp3) is 0.643. The molecule has 0 aliphatic carbocycles. The van der Waals surface area contributed by atoms with Crippen LogP contribution in [-0.4, -0.2) is 46.2 Å². The third-order valence-corrected chi connectivity index (χ3v) is 4.24. The van der Waals surface area contributed by atoms with Gasteiger partial charge in [0, 0.05) is 18.2 Å². The van der Waals surface area contributed by atoms with Gasteiger partial charge in [0.2, 0.25) is 0 Å². The first-order valence-corrected chi connectivity index (χ1v) is 7.05. The fourth-order valence-corrected chi connectivity index (χ4v) is 2.04. The smallest absolute Gasteiger partial charge is 0.399 e. The van der Waals surface area contributed by atoms with Crippen molar-refractivity contribution in [2.45, 2.75) is 51.1 Å². The third-order valence-electron chi connectivity index (χ3n) is 4.24. The van der Waals surface area contributed by atoms with Gasteiger partial charge in [0.1, 0.15) is 6.10 Å². The molecule has 0 bridgehead atoms. The largest absolute Gasteiger partial charge is 0.496 e. The van der Waals surface area contributed by atoms with Crippen LogP contribution in [0.1, 0.15) is 39.5 Å². The molecular weight excluding hydrogens is 271 g/mol. The van der Waals surface area contributed by atoms with Crippen molar-refractivity contribution in [1.29, 1.82) is 0 Å². The van der Waals surface area contributed by atoms with E-state index in [4.69, 9.17) is 15.0 Å². The number of hydrogen-bond acceptors (Lipinski definition) is 6. The van der Waals surface area contributed by atoms with Crippen molar-refractivity contribution < 1.29 is 19.5 Å². The zero-order chi connectivity index (χ0) is 15.8. The second-order valence-electron chi connectivity index (χ2n) is 6.35. The van der Waals surface area contributed by atoms with Crippen LogP contribution in [0.4, 0.5) is 0 Å². The maximum absolute atomic E-state index is 9.86. The van der Waals surface area contributed by atoms with Crippen LogP contribution in [0.3, 0.4) is 0 Å². The molecule has 2 unspecified atom stereocenters. The zero-order valence-electron chi connectivity index (χ0n) is 12.9. The number of hydrogen-bond donors (Lipinski definition) is 3. The summed E-state index contributed by atoms with van der Waals surface area (Å²) in [4.78, 5) is 4.16.